The first-order chi connectivity index (χ1) is 24.9. The van der Waals surface area contributed by atoms with E-state index in [1.165, 1.54) is 30.2 Å². The predicted octanol–water partition coefficient (Wildman–Crippen LogP) is 8.77. The van der Waals surface area contributed by atoms with Crippen LogP contribution in [-0.4, -0.2) is 36.9 Å². The van der Waals surface area contributed by atoms with E-state index in [2.05, 4.69) is 20.9 Å². The second-order valence-corrected chi connectivity index (χ2v) is 13.9. The SMILES string of the molecule is COc1ccc(/C=C(/NC(=O)c2ccccc2)C(=O)Nc2cccc(SC(C(=O)Nc3nc(-c4cccs4)cs3)c3ccccc3)c2)c(OC)c1. The zero-order chi connectivity index (χ0) is 35.6. The third kappa shape index (κ3) is 9.11. The van der Waals surface area contributed by atoms with Crippen molar-refractivity contribution in [1.29, 1.82) is 0 Å². The molecule has 0 spiro atoms. The van der Waals surface area contributed by atoms with E-state index < -0.39 is 17.1 Å². The summed E-state index contributed by atoms with van der Waals surface area (Å²) in [5, 5.41) is 12.5. The number of hydrogen-bond donors (Lipinski definition) is 3. The number of aromatic nitrogens is 1. The van der Waals surface area contributed by atoms with Gasteiger partial charge in [-0.05, 0) is 65.6 Å². The minimum absolute atomic E-state index is 0.00252. The summed E-state index contributed by atoms with van der Waals surface area (Å²) in [6.45, 7) is 0. The normalized spacial score (nSPS) is 11.7. The van der Waals surface area contributed by atoms with E-state index in [0.717, 1.165) is 21.0 Å². The van der Waals surface area contributed by atoms with Crippen molar-refractivity contribution in [3.05, 3.63) is 148 Å². The van der Waals surface area contributed by atoms with Crippen LogP contribution >= 0.6 is 34.4 Å². The van der Waals surface area contributed by atoms with Crippen molar-refractivity contribution in [1.82, 2.24) is 10.3 Å². The highest BCUT2D eigenvalue weighted by molar-refractivity contribution is 8.00. The van der Waals surface area contributed by atoms with Crippen molar-refractivity contribution < 1.29 is 23.9 Å². The Hall–Kier alpha value is -5.69. The lowest BCUT2D eigenvalue weighted by Crippen LogP contribution is -2.30. The highest BCUT2D eigenvalue weighted by Crippen LogP contribution is 2.38. The highest BCUT2D eigenvalue weighted by atomic mass is 32.2. The van der Waals surface area contributed by atoms with Gasteiger partial charge in [-0.15, -0.1) is 34.4 Å². The van der Waals surface area contributed by atoms with Gasteiger partial charge in [-0.25, -0.2) is 4.98 Å². The van der Waals surface area contributed by atoms with Crippen LogP contribution in [0.5, 0.6) is 11.5 Å². The molecule has 0 aliphatic carbocycles. The van der Waals surface area contributed by atoms with Crippen molar-refractivity contribution in [3.8, 4) is 22.1 Å². The lowest BCUT2D eigenvalue weighted by molar-refractivity contribution is -0.116. The molecule has 9 nitrogen and oxygen atoms in total. The van der Waals surface area contributed by atoms with Crippen LogP contribution in [0.3, 0.4) is 0 Å². The molecule has 51 heavy (non-hydrogen) atoms. The molecular formula is C39H32N4O5S3. The summed E-state index contributed by atoms with van der Waals surface area (Å²) in [5.41, 5.74) is 3.04. The second kappa shape index (κ2) is 16.8. The van der Waals surface area contributed by atoms with Gasteiger partial charge in [0.2, 0.25) is 5.91 Å². The van der Waals surface area contributed by atoms with E-state index >= 15 is 0 Å². The van der Waals surface area contributed by atoms with Gasteiger partial charge in [0.25, 0.3) is 11.8 Å². The molecule has 6 aromatic rings. The summed E-state index contributed by atoms with van der Waals surface area (Å²) in [6.07, 6.45) is 1.55. The first-order valence-electron chi connectivity index (χ1n) is 15.6. The number of nitrogens with zero attached hydrogens (tertiary/aromatic N) is 1. The molecule has 0 saturated carbocycles. The van der Waals surface area contributed by atoms with E-state index in [9.17, 15) is 14.4 Å². The zero-order valence-corrected chi connectivity index (χ0v) is 29.9. The summed E-state index contributed by atoms with van der Waals surface area (Å²) in [6, 6.07) is 34.4. The number of anilines is 2. The van der Waals surface area contributed by atoms with E-state index in [-0.39, 0.29) is 11.6 Å². The van der Waals surface area contributed by atoms with Crippen LogP contribution in [0, 0.1) is 0 Å². The molecule has 256 valence electrons. The molecule has 1 atom stereocenters. The standard InChI is InChI=1S/C39H32N4O5S3/c1-47-29-19-18-27(33(23-29)48-2)21-31(41-36(44)26-13-7-4-8-14-26)37(45)40-28-15-9-16-30(22-28)51-35(25-11-5-3-6-12-25)38(46)43-39-42-32(24-50-39)34-17-10-20-49-34/h3-24,35H,1-2H3,(H,40,45)(H,41,44)(H,42,43,46)/b31-21+. The largest absolute Gasteiger partial charge is 0.497 e. The Morgan fingerprint density at radius 1 is 0.804 bits per heavy atom. The fourth-order valence-electron chi connectivity index (χ4n) is 4.96. The van der Waals surface area contributed by atoms with Gasteiger partial charge >= 0.3 is 0 Å². The molecule has 0 bridgehead atoms. The van der Waals surface area contributed by atoms with Crippen molar-refractivity contribution in [2.45, 2.75) is 10.1 Å². The van der Waals surface area contributed by atoms with Crippen LogP contribution in [0.2, 0.25) is 0 Å². The van der Waals surface area contributed by atoms with Crippen molar-refractivity contribution in [3.63, 3.8) is 0 Å². The number of methoxy groups -OCH3 is 2. The van der Waals surface area contributed by atoms with Crippen molar-refractivity contribution in [2.24, 2.45) is 0 Å². The van der Waals surface area contributed by atoms with Gasteiger partial charge in [-0.2, -0.15) is 0 Å². The Bertz CT molecular complexity index is 2150. The number of thiazole rings is 1. The number of ether oxygens (including phenoxy) is 2. The number of carbonyl (C=O) groups is 3. The molecule has 4 aromatic carbocycles. The van der Waals surface area contributed by atoms with Gasteiger partial charge < -0.3 is 25.4 Å². The summed E-state index contributed by atoms with van der Waals surface area (Å²) >= 11 is 4.30. The Kier molecular flexibility index (Phi) is 11.6. The van der Waals surface area contributed by atoms with Crippen LogP contribution in [0.15, 0.2) is 137 Å². The molecule has 1 unspecified atom stereocenters. The molecule has 0 radical (unpaired) electrons. The molecule has 6 rings (SSSR count). The van der Waals surface area contributed by atoms with Crippen LogP contribution in [0.4, 0.5) is 10.8 Å². The summed E-state index contributed by atoms with van der Waals surface area (Å²) < 4.78 is 10.8. The quantitative estimate of drug-likeness (QED) is 0.0803. The number of thioether (sulfide) groups is 1. The smallest absolute Gasteiger partial charge is 0.272 e. The Morgan fingerprint density at radius 2 is 1.59 bits per heavy atom. The maximum Gasteiger partial charge on any atom is 0.272 e. The van der Waals surface area contributed by atoms with Crippen molar-refractivity contribution >= 4 is 69.1 Å². The monoisotopic (exact) mass is 732 g/mol. The molecule has 0 aliphatic rings. The maximum absolute atomic E-state index is 13.8. The summed E-state index contributed by atoms with van der Waals surface area (Å²) in [5.74, 6) is -0.196. The minimum Gasteiger partial charge on any atom is -0.497 e. The molecule has 0 fully saturated rings. The number of benzene rings is 4. The number of carbonyl (C=O) groups excluding carboxylic acids is 3. The minimum atomic E-state index is -0.616. The molecule has 2 aromatic heterocycles. The van der Waals surface area contributed by atoms with Crippen LogP contribution < -0.4 is 25.4 Å². The lowest BCUT2D eigenvalue weighted by Gasteiger charge is -2.17. The number of nitrogens with one attached hydrogen (secondary N) is 3. The van der Waals surface area contributed by atoms with E-state index in [1.807, 2.05) is 59.3 Å². The molecular weight excluding hydrogens is 701 g/mol. The first-order valence-corrected chi connectivity index (χ1v) is 18.3. The number of hydrogen-bond acceptors (Lipinski definition) is 9. The topological polar surface area (TPSA) is 119 Å². The molecule has 12 heteroatoms. The number of amides is 3. The fourth-order valence-corrected chi connectivity index (χ4v) is 7.52. The zero-order valence-electron chi connectivity index (χ0n) is 27.5. The van der Waals surface area contributed by atoms with E-state index in [4.69, 9.17) is 9.47 Å². The van der Waals surface area contributed by atoms with E-state index in [0.29, 0.717) is 33.4 Å². The van der Waals surface area contributed by atoms with Gasteiger partial charge in [-0.3, -0.25) is 14.4 Å². The van der Waals surface area contributed by atoms with Gasteiger partial charge in [0.15, 0.2) is 5.13 Å². The molecule has 3 amide bonds. The molecule has 3 N–H and O–H groups in total. The molecule has 0 saturated heterocycles. The average molecular weight is 733 g/mol. The second-order valence-electron chi connectivity index (χ2n) is 10.9. The third-order valence-corrected chi connectivity index (χ3v) is 10.4. The summed E-state index contributed by atoms with van der Waals surface area (Å²) in [4.78, 5) is 47.2. The fraction of sp³-hybridized carbons (Fsp3) is 0.0769. The molecule has 2 heterocycles. The predicted molar refractivity (Wildman–Crippen MR) is 206 cm³/mol. The summed E-state index contributed by atoms with van der Waals surface area (Å²) in [7, 11) is 3.06. The van der Waals surface area contributed by atoms with Gasteiger partial charge in [0, 0.05) is 33.2 Å². The van der Waals surface area contributed by atoms with E-state index in [1.54, 1.807) is 91.3 Å². The average Bonchev–Trinajstić information content (AvgIpc) is 3.87. The first kappa shape index (κ1) is 35.1. The molecule has 0 aliphatic heterocycles. The number of thiophene rings is 1. The van der Waals surface area contributed by atoms with Crippen LogP contribution in [0.1, 0.15) is 26.7 Å². The highest BCUT2D eigenvalue weighted by Gasteiger charge is 2.24. The number of rotatable bonds is 13. The van der Waals surface area contributed by atoms with Crippen LogP contribution in [-0.2, 0) is 9.59 Å². The van der Waals surface area contributed by atoms with Gasteiger partial charge in [0.1, 0.15) is 22.4 Å². The Labute approximate surface area is 307 Å². The van der Waals surface area contributed by atoms with Gasteiger partial charge in [0.05, 0.1) is 24.8 Å². The van der Waals surface area contributed by atoms with Gasteiger partial charge in [-0.1, -0.05) is 60.7 Å². The maximum atomic E-state index is 13.8. The van der Waals surface area contributed by atoms with Crippen molar-refractivity contribution in [2.75, 3.05) is 24.9 Å². The lowest BCUT2D eigenvalue weighted by atomic mass is 10.1. The third-order valence-electron chi connectivity index (χ3n) is 7.46. The van der Waals surface area contributed by atoms with Crippen LogP contribution in [0.25, 0.3) is 16.6 Å². The Balaban J connectivity index is 1.24. The Morgan fingerprint density at radius 3 is 2.31 bits per heavy atom.